The molecular weight excluding hydrogens is 228 g/mol. The second-order valence-electron chi connectivity index (χ2n) is 3.84. The third-order valence-electron chi connectivity index (χ3n) is 2.72. The first-order valence-corrected chi connectivity index (χ1v) is 5.72. The lowest BCUT2D eigenvalue weighted by atomic mass is 10.1. The molecule has 0 bridgehead atoms. The topological polar surface area (TPSA) is 52.3 Å². The standard InChI is InChI=1S/C10H11ClN4O/c11-8-4-5-9-12-13-10(15(9)14-8)7-3-1-2-6-16-7/h4-5,7H,1-3,6H2. The van der Waals surface area contributed by atoms with Crippen LogP contribution in [0.5, 0.6) is 0 Å². The minimum Gasteiger partial charge on any atom is -0.370 e. The molecule has 0 N–H and O–H groups in total. The molecule has 2 aromatic rings. The number of ether oxygens (including phenoxy) is 1. The lowest BCUT2D eigenvalue weighted by Crippen LogP contribution is -2.15. The molecule has 1 fully saturated rings. The molecule has 5 nitrogen and oxygen atoms in total. The largest absolute Gasteiger partial charge is 0.370 e. The van der Waals surface area contributed by atoms with Gasteiger partial charge in [-0.15, -0.1) is 10.2 Å². The van der Waals surface area contributed by atoms with Gasteiger partial charge in [0.1, 0.15) is 11.3 Å². The molecule has 1 saturated heterocycles. The van der Waals surface area contributed by atoms with Crippen LogP contribution in [0.15, 0.2) is 12.1 Å². The van der Waals surface area contributed by atoms with E-state index >= 15 is 0 Å². The summed E-state index contributed by atoms with van der Waals surface area (Å²) in [5.74, 6) is 0.747. The quantitative estimate of drug-likeness (QED) is 0.763. The summed E-state index contributed by atoms with van der Waals surface area (Å²) in [6.45, 7) is 0.778. The van der Waals surface area contributed by atoms with Crippen molar-refractivity contribution in [2.24, 2.45) is 0 Å². The van der Waals surface area contributed by atoms with Crippen LogP contribution in [0.3, 0.4) is 0 Å². The van der Waals surface area contributed by atoms with Crippen LogP contribution >= 0.6 is 11.6 Å². The highest BCUT2D eigenvalue weighted by Gasteiger charge is 2.22. The zero-order valence-corrected chi connectivity index (χ0v) is 9.39. The molecule has 84 valence electrons. The van der Waals surface area contributed by atoms with Gasteiger partial charge in [-0.1, -0.05) is 11.6 Å². The number of rotatable bonds is 1. The predicted octanol–water partition coefficient (Wildman–Crippen LogP) is 2.02. The smallest absolute Gasteiger partial charge is 0.183 e. The Morgan fingerprint density at radius 3 is 3.06 bits per heavy atom. The summed E-state index contributed by atoms with van der Waals surface area (Å²) in [6.07, 6.45) is 3.23. The maximum atomic E-state index is 5.86. The molecule has 0 saturated carbocycles. The summed E-state index contributed by atoms with van der Waals surface area (Å²) in [5, 5.41) is 12.8. The van der Waals surface area contributed by atoms with Crippen LogP contribution in [-0.2, 0) is 4.74 Å². The first-order chi connectivity index (χ1) is 7.84. The Hall–Kier alpha value is -1.20. The molecule has 6 heteroatoms. The van der Waals surface area contributed by atoms with Crippen LogP contribution in [0.25, 0.3) is 5.65 Å². The van der Waals surface area contributed by atoms with Crippen molar-refractivity contribution in [3.05, 3.63) is 23.1 Å². The maximum Gasteiger partial charge on any atom is 0.183 e. The van der Waals surface area contributed by atoms with Crippen molar-refractivity contribution in [1.29, 1.82) is 0 Å². The van der Waals surface area contributed by atoms with Crippen molar-refractivity contribution in [3.8, 4) is 0 Å². The number of fused-ring (bicyclic) bond motifs is 1. The SMILES string of the molecule is Clc1ccc2nnc(C3CCCCO3)n2n1. The minimum absolute atomic E-state index is 0.00489. The Labute approximate surface area is 97.4 Å². The molecule has 2 aromatic heterocycles. The summed E-state index contributed by atoms with van der Waals surface area (Å²) in [6, 6.07) is 3.51. The van der Waals surface area contributed by atoms with Crippen LogP contribution in [0.1, 0.15) is 31.2 Å². The number of aromatic nitrogens is 4. The van der Waals surface area contributed by atoms with Crippen LogP contribution in [0, 0.1) is 0 Å². The van der Waals surface area contributed by atoms with E-state index in [0.717, 1.165) is 31.7 Å². The summed E-state index contributed by atoms with van der Waals surface area (Å²) in [7, 11) is 0. The summed E-state index contributed by atoms with van der Waals surface area (Å²) in [4.78, 5) is 0. The number of nitrogens with zero attached hydrogens (tertiary/aromatic N) is 4. The van der Waals surface area contributed by atoms with Crippen molar-refractivity contribution in [2.45, 2.75) is 25.4 Å². The maximum absolute atomic E-state index is 5.86. The first-order valence-electron chi connectivity index (χ1n) is 5.34. The van der Waals surface area contributed by atoms with E-state index in [9.17, 15) is 0 Å². The fourth-order valence-corrected chi connectivity index (χ4v) is 2.07. The molecule has 0 amide bonds. The summed E-state index contributed by atoms with van der Waals surface area (Å²) >= 11 is 5.86. The van der Waals surface area contributed by atoms with Gasteiger partial charge in [0.15, 0.2) is 11.5 Å². The third kappa shape index (κ3) is 1.66. The highest BCUT2D eigenvalue weighted by molar-refractivity contribution is 6.29. The van der Waals surface area contributed by atoms with Crippen LogP contribution in [0.2, 0.25) is 5.15 Å². The monoisotopic (exact) mass is 238 g/mol. The van der Waals surface area contributed by atoms with E-state index < -0.39 is 0 Å². The average molecular weight is 239 g/mol. The molecule has 1 unspecified atom stereocenters. The van der Waals surface area contributed by atoms with Gasteiger partial charge in [0.25, 0.3) is 0 Å². The van der Waals surface area contributed by atoms with E-state index in [-0.39, 0.29) is 6.10 Å². The van der Waals surface area contributed by atoms with Crippen molar-refractivity contribution in [1.82, 2.24) is 19.8 Å². The van der Waals surface area contributed by atoms with Gasteiger partial charge in [0.2, 0.25) is 0 Å². The van der Waals surface area contributed by atoms with Gasteiger partial charge in [-0.05, 0) is 31.4 Å². The molecule has 0 aliphatic carbocycles. The van der Waals surface area contributed by atoms with Gasteiger partial charge >= 0.3 is 0 Å². The zero-order valence-electron chi connectivity index (χ0n) is 8.64. The average Bonchev–Trinajstić information content (AvgIpc) is 2.73. The molecular formula is C10H11ClN4O. The molecule has 3 rings (SSSR count). The zero-order chi connectivity index (χ0) is 11.0. The summed E-state index contributed by atoms with van der Waals surface area (Å²) in [5.41, 5.74) is 0.702. The van der Waals surface area contributed by atoms with E-state index in [1.54, 1.807) is 16.6 Å². The van der Waals surface area contributed by atoms with Gasteiger partial charge < -0.3 is 4.74 Å². The van der Waals surface area contributed by atoms with Gasteiger partial charge in [0.05, 0.1) is 0 Å². The number of hydrogen-bond acceptors (Lipinski definition) is 4. The highest BCUT2D eigenvalue weighted by atomic mass is 35.5. The normalized spacial score (nSPS) is 21.4. The highest BCUT2D eigenvalue weighted by Crippen LogP contribution is 2.26. The van der Waals surface area contributed by atoms with E-state index in [2.05, 4.69) is 15.3 Å². The van der Waals surface area contributed by atoms with E-state index in [4.69, 9.17) is 16.3 Å². The molecule has 1 aliphatic rings. The summed E-state index contributed by atoms with van der Waals surface area (Å²) < 4.78 is 7.33. The van der Waals surface area contributed by atoms with Crippen molar-refractivity contribution in [2.75, 3.05) is 6.61 Å². The lowest BCUT2D eigenvalue weighted by molar-refractivity contribution is 0.00824. The lowest BCUT2D eigenvalue weighted by Gasteiger charge is -2.20. The van der Waals surface area contributed by atoms with Crippen molar-refractivity contribution >= 4 is 17.2 Å². The molecule has 0 radical (unpaired) electrons. The second-order valence-corrected chi connectivity index (χ2v) is 4.23. The molecule has 3 heterocycles. The number of hydrogen-bond donors (Lipinski definition) is 0. The molecule has 0 aromatic carbocycles. The van der Waals surface area contributed by atoms with E-state index in [0.29, 0.717) is 10.8 Å². The Morgan fingerprint density at radius 2 is 2.25 bits per heavy atom. The van der Waals surface area contributed by atoms with Crippen LogP contribution in [-0.4, -0.2) is 26.4 Å². The fraction of sp³-hybridized carbons (Fsp3) is 0.500. The van der Waals surface area contributed by atoms with Crippen molar-refractivity contribution < 1.29 is 4.74 Å². The Morgan fingerprint density at radius 1 is 1.31 bits per heavy atom. The first kappa shape index (κ1) is 9.99. The minimum atomic E-state index is -0.00489. The van der Waals surface area contributed by atoms with Gasteiger partial charge in [-0.2, -0.15) is 9.61 Å². The third-order valence-corrected chi connectivity index (χ3v) is 2.92. The van der Waals surface area contributed by atoms with Gasteiger partial charge in [-0.3, -0.25) is 0 Å². The Kier molecular flexibility index (Phi) is 2.49. The van der Waals surface area contributed by atoms with Crippen molar-refractivity contribution in [3.63, 3.8) is 0 Å². The van der Waals surface area contributed by atoms with Crippen LogP contribution in [0.4, 0.5) is 0 Å². The number of halogens is 1. The molecule has 16 heavy (non-hydrogen) atoms. The van der Waals surface area contributed by atoms with E-state index in [1.807, 2.05) is 0 Å². The Balaban J connectivity index is 2.05. The van der Waals surface area contributed by atoms with Gasteiger partial charge in [0, 0.05) is 6.61 Å². The van der Waals surface area contributed by atoms with Crippen LogP contribution < -0.4 is 0 Å². The molecule has 0 spiro atoms. The second kappa shape index (κ2) is 3.99. The van der Waals surface area contributed by atoms with Gasteiger partial charge in [-0.25, -0.2) is 0 Å². The predicted molar refractivity (Wildman–Crippen MR) is 58.3 cm³/mol. The Bertz CT molecular complexity index is 506. The van der Waals surface area contributed by atoms with E-state index in [1.165, 1.54) is 0 Å². The fourth-order valence-electron chi connectivity index (χ4n) is 1.93. The molecule has 1 aliphatic heterocycles. The molecule has 1 atom stereocenters.